The Morgan fingerprint density at radius 1 is 1.06 bits per heavy atom. The quantitative estimate of drug-likeness (QED) is 0.181. The van der Waals surface area contributed by atoms with Gasteiger partial charge >= 0.3 is 5.97 Å². The smallest absolute Gasteiger partial charge is 0.306 e. The Kier molecular flexibility index (Phi) is 6.86. The maximum atomic E-state index is 12.3. The molecule has 4 aliphatic rings. The summed E-state index contributed by atoms with van der Waals surface area (Å²) in [6.45, 7) is 13.4. The molecular formula is C28H47N3O2. The van der Waals surface area contributed by atoms with Crippen molar-refractivity contribution < 1.29 is 9.53 Å². The van der Waals surface area contributed by atoms with E-state index in [1.165, 1.54) is 44.9 Å². The lowest BCUT2D eigenvalue weighted by atomic mass is 9.44. The molecule has 0 aromatic rings. The van der Waals surface area contributed by atoms with E-state index in [1.54, 1.807) is 0 Å². The van der Waals surface area contributed by atoms with Crippen molar-refractivity contribution in [1.82, 2.24) is 0 Å². The minimum atomic E-state index is -0.391. The Bertz CT molecular complexity index is 785. The van der Waals surface area contributed by atoms with E-state index in [-0.39, 0.29) is 12.0 Å². The van der Waals surface area contributed by atoms with E-state index in [9.17, 15) is 4.79 Å². The molecule has 5 nitrogen and oxygen atoms in total. The topological polar surface area (TPSA) is 75.1 Å². The Morgan fingerprint density at radius 3 is 2.45 bits per heavy atom. The first-order valence-corrected chi connectivity index (χ1v) is 13.7. The van der Waals surface area contributed by atoms with Gasteiger partial charge in [0.2, 0.25) is 0 Å². The molecule has 0 saturated heterocycles. The Balaban J connectivity index is 1.41. The average molecular weight is 458 g/mol. The molecule has 0 amide bonds. The molecule has 4 rings (SSSR count). The first kappa shape index (κ1) is 24.9. The Morgan fingerprint density at radius 2 is 1.76 bits per heavy atom. The van der Waals surface area contributed by atoms with Crippen LogP contribution >= 0.6 is 0 Å². The highest BCUT2D eigenvalue weighted by molar-refractivity contribution is 5.69. The number of carbonyl (C=O) groups is 1. The van der Waals surface area contributed by atoms with Crippen molar-refractivity contribution >= 4 is 5.97 Å². The maximum absolute atomic E-state index is 12.3. The van der Waals surface area contributed by atoms with Gasteiger partial charge in [0.1, 0.15) is 5.60 Å². The number of azide groups is 1. The van der Waals surface area contributed by atoms with Gasteiger partial charge in [-0.05, 0) is 137 Å². The lowest BCUT2D eigenvalue weighted by Crippen LogP contribution is -2.54. The van der Waals surface area contributed by atoms with Crippen molar-refractivity contribution in [2.75, 3.05) is 0 Å². The fourth-order valence-electron chi connectivity index (χ4n) is 9.33. The molecule has 0 aromatic heterocycles. The summed E-state index contributed by atoms with van der Waals surface area (Å²) in [5.41, 5.74) is 9.39. The van der Waals surface area contributed by atoms with Crippen LogP contribution < -0.4 is 0 Å². The van der Waals surface area contributed by atoms with Crippen LogP contribution in [0.3, 0.4) is 0 Å². The van der Waals surface area contributed by atoms with Gasteiger partial charge in [-0.25, -0.2) is 0 Å². The van der Waals surface area contributed by atoms with Crippen LogP contribution in [-0.4, -0.2) is 17.6 Å². The predicted octanol–water partition coefficient (Wildman–Crippen LogP) is 8.08. The second-order valence-electron chi connectivity index (χ2n) is 13.6. The zero-order valence-corrected chi connectivity index (χ0v) is 22.0. The van der Waals surface area contributed by atoms with Gasteiger partial charge in [-0.1, -0.05) is 25.9 Å². The third-order valence-corrected chi connectivity index (χ3v) is 10.8. The normalized spacial score (nSPS) is 43.5. The molecule has 9 atom stereocenters. The number of esters is 1. The molecule has 0 bridgehead atoms. The largest absolute Gasteiger partial charge is 0.460 e. The molecule has 33 heavy (non-hydrogen) atoms. The van der Waals surface area contributed by atoms with Gasteiger partial charge in [0.15, 0.2) is 0 Å². The van der Waals surface area contributed by atoms with E-state index < -0.39 is 5.60 Å². The van der Waals surface area contributed by atoms with Gasteiger partial charge in [0.25, 0.3) is 0 Å². The monoisotopic (exact) mass is 457 g/mol. The Hall–Kier alpha value is -1.22. The SMILES string of the molecule is C[C@H](CCC(=O)OC(C)(C)C)C1CC[C@H]2[C@@H]3CC[C@@H]4C[C@H](N=[N+]=[N-])CC[C@]4(C)[C@H]3CC[C@]12C. The van der Waals surface area contributed by atoms with Crippen LogP contribution in [0.2, 0.25) is 0 Å². The van der Waals surface area contributed by atoms with Gasteiger partial charge in [-0.3, -0.25) is 4.79 Å². The second-order valence-corrected chi connectivity index (χ2v) is 13.6. The molecule has 0 spiro atoms. The third-order valence-electron chi connectivity index (χ3n) is 10.8. The van der Waals surface area contributed by atoms with E-state index in [0.29, 0.717) is 23.2 Å². The minimum absolute atomic E-state index is 0.0414. The number of hydrogen-bond acceptors (Lipinski definition) is 3. The first-order chi connectivity index (χ1) is 15.5. The zero-order chi connectivity index (χ0) is 24.0. The highest BCUT2D eigenvalue weighted by Gasteiger charge is 2.60. The van der Waals surface area contributed by atoms with Gasteiger partial charge in [0, 0.05) is 17.4 Å². The second kappa shape index (κ2) is 9.10. The fourth-order valence-corrected chi connectivity index (χ4v) is 9.33. The van der Waals surface area contributed by atoms with Crippen LogP contribution in [0.5, 0.6) is 0 Å². The molecule has 4 fully saturated rings. The molecular weight excluding hydrogens is 410 g/mol. The van der Waals surface area contributed by atoms with Crippen LogP contribution in [0.25, 0.3) is 10.4 Å². The number of fused-ring (bicyclic) bond motifs is 5. The summed E-state index contributed by atoms with van der Waals surface area (Å²) in [6.07, 6.45) is 13.0. The van der Waals surface area contributed by atoms with Crippen molar-refractivity contribution in [2.45, 2.75) is 124 Å². The van der Waals surface area contributed by atoms with Crippen molar-refractivity contribution in [1.29, 1.82) is 0 Å². The van der Waals surface area contributed by atoms with Crippen LogP contribution in [0.15, 0.2) is 5.11 Å². The summed E-state index contributed by atoms with van der Waals surface area (Å²) < 4.78 is 5.57. The summed E-state index contributed by atoms with van der Waals surface area (Å²) >= 11 is 0. The van der Waals surface area contributed by atoms with Crippen LogP contribution in [-0.2, 0) is 9.53 Å². The minimum Gasteiger partial charge on any atom is -0.460 e. The number of ether oxygens (including phenoxy) is 1. The van der Waals surface area contributed by atoms with E-state index in [1.807, 2.05) is 20.8 Å². The maximum Gasteiger partial charge on any atom is 0.306 e. The molecule has 0 heterocycles. The number of rotatable bonds is 5. The summed E-state index contributed by atoms with van der Waals surface area (Å²) in [4.78, 5) is 15.4. The molecule has 0 radical (unpaired) electrons. The molecule has 0 aromatic carbocycles. The van der Waals surface area contributed by atoms with Crippen LogP contribution in [0.4, 0.5) is 0 Å². The Labute approximate surface area is 201 Å². The van der Waals surface area contributed by atoms with Gasteiger partial charge in [-0.2, -0.15) is 0 Å². The van der Waals surface area contributed by atoms with E-state index in [0.717, 1.165) is 48.9 Å². The number of carbonyl (C=O) groups excluding carboxylic acids is 1. The summed E-state index contributed by atoms with van der Waals surface area (Å²) in [7, 11) is 0. The van der Waals surface area contributed by atoms with E-state index >= 15 is 0 Å². The van der Waals surface area contributed by atoms with E-state index in [4.69, 9.17) is 10.3 Å². The van der Waals surface area contributed by atoms with Crippen LogP contribution in [0.1, 0.15) is 112 Å². The van der Waals surface area contributed by atoms with Crippen molar-refractivity contribution in [3.8, 4) is 0 Å². The number of nitrogens with zero attached hydrogens (tertiary/aromatic N) is 3. The molecule has 0 N–H and O–H groups in total. The molecule has 4 aliphatic carbocycles. The fraction of sp³-hybridized carbons (Fsp3) is 0.964. The zero-order valence-electron chi connectivity index (χ0n) is 22.0. The lowest BCUT2D eigenvalue weighted by Gasteiger charge is -2.61. The van der Waals surface area contributed by atoms with Gasteiger partial charge < -0.3 is 4.74 Å². The first-order valence-electron chi connectivity index (χ1n) is 13.7. The summed E-state index contributed by atoms with van der Waals surface area (Å²) in [5, 5.41) is 4.10. The van der Waals surface area contributed by atoms with Gasteiger partial charge in [-0.15, -0.1) is 0 Å². The molecule has 186 valence electrons. The highest BCUT2D eigenvalue weighted by atomic mass is 16.6. The molecule has 4 saturated carbocycles. The predicted molar refractivity (Wildman–Crippen MR) is 132 cm³/mol. The third kappa shape index (κ3) is 4.68. The average Bonchev–Trinajstić information content (AvgIpc) is 3.08. The summed E-state index contributed by atoms with van der Waals surface area (Å²) in [6, 6.07) is 0.222. The lowest BCUT2D eigenvalue weighted by molar-refractivity contribution is -0.155. The highest BCUT2D eigenvalue weighted by Crippen LogP contribution is 2.68. The standard InChI is InChI=1S/C28H47N3O2/c1-18(7-12-25(32)33-26(2,3)4)22-10-11-23-21-9-8-19-17-20(30-31-29)13-15-27(19,5)24(21)14-16-28(22,23)6/h18-24H,7-17H2,1-6H3/t18-,19-,20-,21+,22?,23+,24+,27+,28-/m1/s1. The molecule has 0 aliphatic heterocycles. The number of hydrogen-bond donors (Lipinski definition) is 0. The van der Waals surface area contributed by atoms with Crippen molar-refractivity contribution in [3.05, 3.63) is 10.4 Å². The van der Waals surface area contributed by atoms with Crippen molar-refractivity contribution in [2.24, 2.45) is 51.5 Å². The van der Waals surface area contributed by atoms with Gasteiger partial charge in [0.05, 0.1) is 0 Å². The van der Waals surface area contributed by atoms with Crippen LogP contribution in [0, 0.1) is 46.3 Å². The molecule has 1 unspecified atom stereocenters. The summed E-state index contributed by atoms with van der Waals surface area (Å²) in [5.74, 6) is 4.56. The van der Waals surface area contributed by atoms with Crippen molar-refractivity contribution in [3.63, 3.8) is 0 Å². The molecule has 5 heteroatoms. The van der Waals surface area contributed by atoms with E-state index in [2.05, 4.69) is 30.8 Å².